The Balaban J connectivity index is 1.88. The van der Waals surface area contributed by atoms with Crippen LogP contribution in [0.4, 0.5) is 0 Å². The number of thiophene rings is 1. The Morgan fingerprint density at radius 2 is 2.36 bits per heavy atom. The smallest absolute Gasteiger partial charge is 0.184 e. The quantitative estimate of drug-likeness (QED) is 0.750. The second-order valence-electron chi connectivity index (χ2n) is 4.24. The Bertz CT molecular complexity index is 327. The van der Waals surface area contributed by atoms with E-state index >= 15 is 0 Å². The van der Waals surface area contributed by atoms with Crippen LogP contribution in [0, 0.1) is 0 Å². The summed E-state index contributed by atoms with van der Waals surface area (Å²) < 4.78 is 5.52. The zero-order valence-electron chi connectivity index (χ0n) is 8.62. The van der Waals surface area contributed by atoms with Gasteiger partial charge in [-0.2, -0.15) is 11.3 Å². The van der Waals surface area contributed by atoms with Crippen LogP contribution in [0.5, 0.6) is 0 Å². The van der Waals surface area contributed by atoms with Crippen molar-refractivity contribution in [3.05, 3.63) is 22.4 Å². The van der Waals surface area contributed by atoms with Crippen molar-refractivity contribution < 1.29 is 4.74 Å². The van der Waals surface area contributed by atoms with E-state index in [2.05, 4.69) is 35.7 Å². The molecule has 0 saturated heterocycles. The van der Waals surface area contributed by atoms with Crippen LogP contribution in [0.2, 0.25) is 0 Å². The summed E-state index contributed by atoms with van der Waals surface area (Å²) in [5.74, 6) is 0.918. The fraction of sp³-hybridized carbons (Fsp3) is 0.545. The van der Waals surface area contributed by atoms with E-state index < -0.39 is 0 Å². The van der Waals surface area contributed by atoms with E-state index in [1.165, 1.54) is 5.56 Å². The van der Waals surface area contributed by atoms with Crippen LogP contribution in [0.15, 0.2) is 21.8 Å². The van der Waals surface area contributed by atoms with E-state index in [9.17, 15) is 0 Å². The van der Waals surface area contributed by atoms with Crippen LogP contribution in [0.3, 0.4) is 0 Å². The van der Waals surface area contributed by atoms with Crippen LogP contribution in [-0.4, -0.2) is 18.0 Å². The third-order valence-corrected chi connectivity index (χ3v) is 2.96. The minimum atomic E-state index is -0.00994. The predicted molar refractivity (Wildman–Crippen MR) is 60.1 cm³/mol. The highest BCUT2D eigenvalue weighted by Gasteiger charge is 2.25. The third-order valence-electron chi connectivity index (χ3n) is 2.23. The number of aryl methyl sites for hydroxylation is 1. The monoisotopic (exact) mass is 209 g/mol. The van der Waals surface area contributed by atoms with Gasteiger partial charge < -0.3 is 4.74 Å². The lowest BCUT2D eigenvalue weighted by Crippen LogP contribution is -2.17. The minimum Gasteiger partial charge on any atom is -0.478 e. The van der Waals surface area contributed by atoms with Gasteiger partial charge in [0, 0.05) is 6.42 Å². The van der Waals surface area contributed by atoms with Crippen molar-refractivity contribution in [2.75, 3.05) is 6.61 Å². The molecule has 2 nitrogen and oxygen atoms in total. The molecule has 2 rings (SSSR count). The maximum absolute atomic E-state index is 5.52. The average Bonchev–Trinajstić information content (AvgIpc) is 2.70. The number of hydrogen-bond acceptors (Lipinski definition) is 3. The van der Waals surface area contributed by atoms with Crippen molar-refractivity contribution in [3.63, 3.8) is 0 Å². The van der Waals surface area contributed by atoms with E-state index in [-0.39, 0.29) is 5.54 Å². The number of aliphatic imine (C=N–C) groups is 1. The molecular formula is C11H15NOS. The summed E-state index contributed by atoms with van der Waals surface area (Å²) in [6.07, 6.45) is 1.97. The first-order chi connectivity index (χ1) is 6.66. The highest BCUT2D eigenvalue weighted by atomic mass is 32.1. The number of ether oxygens (including phenoxy) is 1. The molecule has 1 aromatic heterocycles. The van der Waals surface area contributed by atoms with E-state index in [4.69, 9.17) is 4.74 Å². The maximum Gasteiger partial charge on any atom is 0.184 e. The molecule has 14 heavy (non-hydrogen) atoms. The zero-order chi connectivity index (χ0) is 10.0. The standard InChI is InChI=1S/C11H15NOS/c1-11(2)8-13-10(12-11)4-3-9-5-6-14-7-9/h5-7H,3-4,8H2,1-2H3. The van der Waals surface area contributed by atoms with Gasteiger partial charge in [-0.3, -0.25) is 0 Å². The second kappa shape index (κ2) is 3.73. The molecule has 0 radical (unpaired) electrons. The lowest BCUT2D eigenvalue weighted by Gasteiger charge is -2.07. The van der Waals surface area contributed by atoms with Gasteiger partial charge in [0.25, 0.3) is 0 Å². The Hall–Kier alpha value is -0.830. The maximum atomic E-state index is 5.52. The van der Waals surface area contributed by atoms with Crippen LogP contribution in [0.25, 0.3) is 0 Å². The van der Waals surface area contributed by atoms with Crippen molar-refractivity contribution in [2.45, 2.75) is 32.2 Å². The topological polar surface area (TPSA) is 21.6 Å². The van der Waals surface area contributed by atoms with Gasteiger partial charge in [0.15, 0.2) is 5.90 Å². The largest absolute Gasteiger partial charge is 0.478 e. The highest BCUT2D eigenvalue weighted by molar-refractivity contribution is 7.07. The number of hydrogen-bond donors (Lipinski definition) is 0. The molecule has 0 unspecified atom stereocenters. The normalized spacial score (nSPS) is 19.1. The molecule has 0 fully saturated rings. The van der Waals surface area contributed by atoms with Crippen molar-refractivity contribution >= 4 is 17.2 Å². The first-order valence-corrected chi connectivity index (χ1v) is 5.83. The molecule has 1 aliphatic heterocycles. The van der Waals surface area contributed by atoms with Crippen LogP contribution >= 0.6 is 11.3 Å². The molecule has 0 atom stereocenters. The molecule has 0 amide bonds. The van der Waals surface area contributed by atoms with Gasteiger partial charge in [0.2, 0.25) is 0 Å². The molecule has 0 bridgehead atoms. The molecule has 0 spiro atoms. The fourth-order valence-corrected chi connectivity index (χ4v) is 2.18. The summed E-state index contributed by atoms with van der Waals surface area (Å²) >= 11 is 1.74. The van der Waals surface area contributed by atoms with E-state index in [0.717, 1.165) is 25.3 Å². The van der Waals surface area contributed by atoms with Gasteiger partial charge in [-0.15, -0.1) is 0 Å². The summed E-state index contributed by atoms with van der Waals surface area (Å²) in [5, 5.41) is 4.29. The summed E-state index contributed by atoms with van der Waals surface area (Å²) in [4.78, 5) is 4.52. The fourth-order valence-electron chi connectivity index (χ4n) is 1.48. The van der Waals surface area contributed by atoms with Crippen molar-refractivity contribution in [2.24, 2.45) is 4.99 Å². The first kappa shape index (κ1) is 9.71. The average molecular weight is 209 g/mol. The van der Waals surface area contributed by atoms with Gasteiger partial charge >= 0.3 is 0 Å². The Kier molecular flexibility index (Phi) is 2.59. The molecule has 76 valence electrons. The van der Waals surface area contributed by atoms with Crippen molar-refractivity contribution in [1.29, 1.82) is 0 Å². The summed E-state index contributed by atoms with van der Waals surface area (Å²) in [6.45, 7) is 4.93. The highest BCUT2D eigenvalue weighted by Crippen LogP contribution is 2.19. The van der Waals surface area contributed by atoms with Crippen molar-refractivity contribution in [3.8, 4) is 0 Å². The van der Waals surface area contributed by atoms with Gasteiger partial charge in [0.1, 0.15) is 6.61 Å². The van der Waals surface area contributed by atoms with Gasteiger partial charge in [0.05, 0.1) is 5.54 Å². The Morgan fingerprint density at radius 3 is 2.93 bits per heavy atom. The predicted octanol–water partition coefficient (Wildman–Crippen LogP) is 2.89. The van der Waals surface area contributed by atoms with Gasteiger partial charge in [-0.25, -0.2) is 4.99 Å². The minimum absolute atomic E-state index is 0.00994. The molecule has 0 aliphatic carbocycles. The van der Waals surface area contributed by atoms with E-state index in [1.807, 2.05) is 0 Å². The van der Waals surface area contributed by atoms with E-state index in [0.29, 0.717) is 0 Å². The molecule has 0 N–H and O–H groups in total. The third kappa shape index (κ3) is 2.35. The van der Waals surface area contributed by atoms with E-state index in [1.54, 1.807) is 11.3 Å². The molecule has 1 aliphatic rings. The lowest BCUT2D eigenvalue weighted by atomic mass is 10.1. The second-order valence-corrected chi connectivity index (χ2v) is 5.02. The summed E-state index contributed by atoms with van der Waals surface area (Å²) in [5.41, 5.74) is 1.37. The Morgan fingerprint density at radius 1 is 1.50 bits per heavy atom. The molecule has 3 heteroatoms. The van der Waals surface area contributed by atoms with Gasteiger partial charge in [-0.1, -0.05) is 0 Å². The number of nitrogens with zero attached hydrogens (tertiary/aromatic N) is 1. The van der Waals surface area contributed by atoms with Crippen LogP contribution in [-0.2, 0) is 11.2 Å². The molecule has 1 aromatic rings. The van der Waals surface area contributed by atoms with Crippen LogP contribution in [0.1, 0.15) is 25.8 Å². The Labute approximate surface area is 88.6 Å². The molecule has 0 saturated carbocycles. The van der Waals surface area contributed by atoms with Gasteiger partial charge in [-0.05, 0) is 42.7 Å². The SMILES string of the molecule is CC1(C)COC(CCc2ccsc2)=N1. The molecule has 0 aromatic carbocycles. The first-order valence-electron chi connectivity index (χ1n) is 4.88. The summed E-state index contributed by atoms with van der Waals surface area (Å²) in [6, 6.07) is 2.16. The molecular weight excluding hydrogens is 194 g/mol. The molecule has 2 heterocycles. The summed E-state index contributed by atoms with van der Waals surface area (Å²) in [7, 11) is 0. The lowest BCUT2D eigenvalue weighted by molar-refractivity contribution is 0.274. The van der Waals surface area contributed by atoms with Crippen molar-refractivity contribution in [1.82, 2.24) is 0 Å². The van der Waals surface area contributed by atoms with Crippen LogP contribution < -0.4 is 0 Å². The zero-order valence-corrected chi connectivity index (χ0v) is 9.43. The number of rotatable bonds is 3.